The van der Waals surface area contributed by atoms with Gasteiger partial charge < -0.3 is 0 Å². The lowest BCUT2D eigenvalue weighted by atomic mass is 9.98. The third kappa shape index (κ3) is 2.32. The maximum absolute atomic E-state index is 9.03. The summed E-state index contributed by atoms with van der Waals surface area (Å²) in [6.07, 6.45) is 3.95. The standard InChI is InChI=1S/C15H10Cl2N2/c16-11-3-1-2-10(6-11)12-8-19-13(7-18)15(17)14(12)9-4-5-9/h1-3,6,8-9H,4-5H2. The van der Waals surface area contributed by atoms with Crippen LogP contribution in [-0.2, 0) is 0 Å². The molecule has 0 aliphatic heterocycles. The van der Waals surface area contributed by atoms with E-state index in [0.717, 1.165) is 29.5 Å². The van der Waals surface area contributed by atoms with E-state index < -0.39 is 0 Å². The number of rotatable bonds is 2. The summed E-state index contributed by atoms with van der Waals surface area (Å²) in [5.41, 5.74) is 3.31. The second-order valence-electron chi connectivity index (χ2n) is 4.64. The van der Waals surface area contributed by atoms with Crippen molar-refractivity contribution < 1.29 is 0 Å². The van der Waals surface area contributed by atoms with Gasteiger partial charge in [0.15, 0.2) is 5.69 Å². The lowest BCUT2D eigenvalue weighted by Gasteiger charge is -2.11. The lowest BCUT2D eigenvalue weighted by Crippen LogP contribution is -1.95. The Morgan fingerprint density at radius 3 is 2.68 bits per heavy atom. The number of aromatic nitrogens is 1. The quantitative estimate of drug-likeness (QED) is 0.795. The highest BCUT2D eigenvalue weighted by Crippen LogP contribution is 2.48. The highest BCUT2D eigenvalue weighted by Gasteiger charge is 2.30. The molecule has 1 fully saturated rings. The van der Waals surface area contributed by atoms with E-state index in [2.05, 4.69) is 4.98 Å². The third-order valence-corrected chi connectivity index (χ3v) is 3.90. The Balaban J connectivity index is 2.22. The fourth-order valence-electron chi connectivity index (χ4n) is 2.24. The average Bonchev–Trinajstić information content (AvgIpc) is 3.22. The fraction of sp³-hybridized carbons (Fsp3) is 0.200. The van der Waals surface area contributed by atoms with Crippen LogP contribution in [0.3, 0.4) is 0 Å². The van der Waals surface area contributed by atoms with Gasteiger partial charge in [0, 0.05) is 16.8 Å². The lowest BCUT2D eigenvalue weighted by molar-refractivity contribution is 1.10. The van der Waals surface area contributed by atoms with Crippen molar-refractivity contribution in [2.24, 2.45) is 0 Å². The first-order valence-electron chi connectivity index (χ1n) is 6.05. The number of hydrogen-bond donors (Lipinski definition) is 0. The van der Waals surface area contributed by atoms with Crippen LogP contribution in [0.25, 0.3) is 11.1 Å². The predicted octanol–water partition coefficient (Wildman–Crippen LogP) is 4.80. The molecule has 0 spiro atoms. The highest BCUT2D eigenvalue weighted by atomic mass is 35.5. The summed E-state index contributed by atoms with van der Waals surface area (Å²) in [7, 11) is 0. The highest BCUT2D eigenvalue weighted by molar-refractivity contribution is 6.33. The minimum absolute atomic E-state index is 0.300. The second-order valence-corrected chi connectivity index (χ2v) is 5.46. The topological polar surface area (TPSA) is 36.7 Å². The number of pyridine rings is 1. The molecule has 1 aliphatic rings. The van der Waals surface area contributed by atoms with E-state index in [9.17, 15) is 0 Å². The van der Waals surface area contributed by atoms with Gasteiger partial charge in [0.25, 0.3) is 0 Å². The Morgan fingerprint density at radius 2 is 2.05 bits per heavy atom. The van der Waals surface area contributed by atoms with Gasteiger partial charge >= 0.3 is 0 Å². The molecule has 1 aromatic heterocycles. The zero-order chi connectivity index (χ0) is 13.4. The van der Waals surface area contributed by atoms with E-state index in [1.54, 1.807) is 6.20 Å². The molecule has 4 heteroatoms. The summed E-state index contributed by atoms with van der Waals surface area (Å²) in [6.45, 7) is 0. The average molecular weight is 289 g/mol. The largest absolute Gasteiger partial charge is 0.243 e. The van der Waals surface area contributed by atoms with Crippen molar-refractivity contribution in [1.82, 2.24) is 4.98 Å². The normalized spacial score (nSPS) is 14.2. The van der Waals surface area contributed by atoms with Crippen LogP contribution in [0.5, 0.6) is 0 Å². The van der Waals surface area contributed by atoms with E-state index in [4.69, 9.17) is 28.5 Å². The monoisotopic (exact) mass is 288 g/mol. The summed E-state index contributed by atoms with van der Waals surface area (Å²) >= 11 is 12.4. The van der Waals surface area contributed by atoms with E-state index in [1.807, 2.05) is 30.3 Å². The summed E-state index contributed by atoms with van der Waals surface area (Å²) in [5.74, 6) is 0.441. The van der Waals surface area contributed by atoms with Crippen LogP contribution in [0, 0.1) is 11.3 Å². The van der Waals surface area contributed by atoms with E-state index in [0.29, 0.717) is 21.7 Å². The summed E-state index contributed by atoms with van der Waals surface area (Å²) in [6, 6.07) is 9.66. The number of nitrogens with zero attached hydrogens (tertiary/aromatic N) is 2. The molecule has 0 atom stereocenters. The summed E-state index contributed by atoms with van der Waals surface area (Å²) in [4.78, 5) is 4.14. The molecule has 19 heavy (non-hydrogen) atoms. The molecule has 1 aromatic carbocycles. The van der Waals surface area contributed by atoms with Gasteiger partial charge in [0.05, 0.1) is 5.02 Å². The fourth-order valence-corrected chi connectivity index (χ4v) is 2.77. The van der Waals surface area contributed by atoms with E-state index in [-0.39, 0.29) is 0 Å². The van der Waals surface area contributed by atoms with Crippen LogP contribution in [0.1, 0.15) is 30.0 Å². The molecular weight excluding hydrogens is 279 g/mol. The maximum atomic E-state index is 9.03. The molecular formula is C15H10Cl2N2. The molecule has 0 radical (unpaired) electrons. The number of nitriles is 1. The molecule has 94 valence electrons. The molecule has 0 unspecified atom stereocenters. The van der Waals surface area contributed by atoms with Crippen molar-refractivity contribution in [3.8, 4) is 17.2 Å². The Labute approximate surface area is 121 Å². The molecule has 1 aliphatic carbocycles. The van der Waals surface area contributed by atoms with E-state index in [1.165, 1.54) is 0 Å². The number of benzene rings is 1. The molecule has 3 rings (SSSR count). The molecule has 0 saturated heterocycles. The Kier molecular flexibility index (Phi) is 3.18. The first-order valence-corrected chi connectivity index (χ1v) is 6.80. The number of hydrogen-bond acceptors (Lipinski definition) is 2. The van der Waals surface area contributed by atoms with Gasteiger partial charge in [0.1, 0.15) is 6.07 Å². The molecule has 2 aromatic rings. The minimum atomic E-state index is 0.300. The van der Waals surface area contributed by atoms with Crippen molar-refractivity contribution in [2.75, 3.05) is 0 Å². The van der Waals surface area contributed by atoms with Crippen LogP contribution < -0.4 is 0 Å². The molecule has 2 nitrogen and oxygen atoms in total. The maximum Gasteiger partial charge on any atom is 0.159 e. The minimum Gasteiger partial charge on any atom is -0.243 e. The second kappa shape index (κ2) is 4.85. The smallest absolute Gasteiger partial charge is 0.159 e. The molecule has 0 N–H and O–H groups in total. The van der Waals surface area contributed by atoms with Crippen LogP contribution in [0.2, 0.25) is 10.0 Å². The van der Waals surface area contributed by atoms with Gasteiger partial charge in [-0.15, -0.1) is 0 Å². The zero-order valence-corrected chi connectivity index (χ0v) is 11.5. The van der Waals surface area contributed by atoms with Crippen LogP contribution in [0.4, 0.5) is 0 Å². The van der Waals surface area contributed by atoms with Crippen molar-refractivity contribution in [3.05, 3.63) is 51.8 Å². The Bertz CT molecular complexity index is 685. The van der Waals surface area contributed by atoms with E-state index >= 15 is 0 Å². The third-order valence-electron chi connectivity index (χ3n) is 3.28. The summed E-state index contributed by atoms with van der Waals surface area (Å²) in [5, 5.41) is 10.2. The predicted molar refractivity (Wildman–Crippen MR) is 76.4 cm³/mol. The van der Waals surface area contributed by atoms with Gasteiger partial charge in [0.2, 0.25) is 0 Å². The number of halogens is 2. The molecule has 0 amide bonds. The summed E-state index contributed by atoms with van der Waals surface area (Å²) < 4.78 is 0. The van der Waals surface area contributed by atoms with Crippen LogP contribution in [-0.4, -0.2) is 4.98 Å². The van der Waals surface area contributed by atoms with Crippen LogP contribution >= 0.6 is 23.2 Å². The van der Waals surface area contributed by atoms with Gasteiger partial charge in [-0.3, -0.25) is 0 Å². The zero-order valence-electron chi connectivity index (χ0n) is 10.0. The van der Waals surface area contributed by atoms with Gasteiger partial charge in [-0.1, -0.05) is 35.3 Å². The van der Waals surface area contributed by atoms with Gasteiger partial charge in [-0.05, 0) is 42.0 Å². The van der Waals surface area contributed by atoms with Crippen molar-refractivity contribution in [2.45, 2.75) is 18.8 Å². The van der Waals surface area contributed by atoms with Gasteiger partial charge in [-0.25, -0.2) is 4.98 Å². The van der Waals surface area contributed by atoms with Crippen molar-refractivity contribution >= 4 is 23.2 Å². The van der Waals surface area contributed by atoms with Crippen molar-refractivity contribution in [3.63, 3.8) is 0 Å². The Hall–Kier alpha value is -1.56. The van der Waals surface area contributed by atoms with Gasteiger partial charge in [-0.2, -0.15) is 5.26 Å². The van der Waals surface area contributed by atoms with Crippen LogP contribution in [0.15, 0.2) is 30.5 Å². The molecule has 1 heterocycles. The Morgan fingerprint density at radius 1 is 1.26 bits per heavy atom. The molecule has 0 bridgehead atoms. The SMILES string of the molecule is N#Cc1ncc(-c2cccc(Cl)c2)c(C2CC2)c1Cl. The van der Waals surface area contributed by atoms with Crippen molar-refractivity contribution in [1.29, 1.82) is 5.26 Å². The molecule has 1 saturated carbocycles. The first-order chi connectivity index (χ1) is 9.20. The first kappa shape index (κ1) is 12.5.